The number of ether oxygens (including phenoxy) is 2. The summed E-state index contributed by atoms with van der Waals surface area (Å²) in [4.78, 5) is 40.3. The molecule has 0 spiro atoms. The van der Waals surface area contributed by atoms with E-state index in [-0.39, 0.29) is 32.8 Å². The fraction of sp³-hybridized carbons (Fsp3) is 0.250. The van der Waals surface area contributed by atoms with Crippen molar-refractivity contribution in [2.45, 2.75) is 25.7 Å². The predicted molar refractivity (Wildman–Crippen MR) is 134 cm³/mol. The predicted octanol–water partition coefficient (Wildman–Crippen LogP) is 4.98. The number of hydrogen-bond acceptors (Lipinski definition) is 5. The molecule has 0 aromatic heterocycles. The van der Waals surface area contributed by atoms with Gasteiger partial charge < -0.3 is 14.4 Å². The first-order valence-electron chi connectivity index (χ1n) is 11.8. The van der Waals surface area contributed by atoms with Crippen LogP contribution in [0, 0.1) is 0 Å². The molecule has 1 aliphatic heterocycles. The van der Waals surface area contributed by atoms with Crippen molar-refractivity contribution in [3.05, 3.63) is 95.1 Å². The van der Waals surface area contributed by atoms with Gasteiger partial charge in [0.25, 0.3) is 0 Å². The minimum absolute atomic E-state index is 0.0545. The van der Waals surface area contributed by atoms with Crippen molar-refractivity contribution in [2.75, 3.05) is 19.6 Å². The summed E-state index contributed by atoms with van der Waals surface area (Å²) in [7, 11) is 0. The molecule has 184 valence electrons. The normalized spacial score (nSPS) is 16.2. The first-order valence-corrected chi connectivity index (χ1v) is 12.2. The largest absolute Gasteiger partial charge is 0.445 e. The van der Waals surface area contributed by atoms with Gasteiger partial charge in [0.2, 0.25) is 5.24 Å². The third-order valence-electron chi connectivity index (χ3n) is 6.64. The summed E-state index contributed by atoms with van der Waals surface area (Å²) in [6, 6.07) is 22.5. The van der Waals surface area contributed by atoms with Crippen LogP contribution in [0.3, 0.4) is 0 Å². The van der Waals surface area contributed by atoms with Crippen LogP contribution >= 0.6 is 11.6 Å². The monoisotopic (exact) mass is 504 g/mol. The van der Waals surface area contributed by atoms with Crippen LogP contribution in [0.4, 0.5) is 9.59 Å². The molecule has 0 radical (unpaired) electrons. The van der Waals surface area contributed by atoms with Gasteiger partial charge >= 0.3 is 12.2 Å². The highest BCUT2D eigenvalue weighted by atomic mass is 35.5. The summed E-state index contributed by atoms with van der Waals surface area (Å²) in [6.45, 7) is 0.465. The van der Waals surface area contributed by atoms with Gasteiger partial charge in [-0.1, -0.05) is 72.8 Å². The van der Waals surface area contributed by atoms with E-state index in [0.29, 0.717) is 0 Å². The van der Waals surface area contributed by atoms with Gasteiger partial charge in [-0.15, -0.1) is 0 Å². The molecule has 0 saturated carbocycles. The molecule has 2 amide bonds. The van der Waals surface area contributed by atoms with Crippen molar-refractivity contribution in [2.24, 2.45) is 0 Å². The molecule has 1 heterocycles. The van der Waals surface area contributed by atoms with Crippen LogP contribution in [0.5, 0.6) is 0 Å². The van der Waals surface area contributed by atoms with Crippen LogP contribution in [-0.2, 0) is 33.9 Å². The lowest BCUT2D eigenvalue weighted by Crippen LogP contribution is -2.58. The average Bonchev–Trinajstić information content (AvgIpc) is 3.30. The van der Waals surface area contributed by atoms with E-state index in [0.717, 1.165) is 28.7 Å². The number of carbonyl (C=O) groups excluding carboxylic acids is 3. The number of fused-ring (bicyclic) bond motifs is 3. The minimum atomic E-state index is -1.01. The number of nitrogens with zero attached hydrogens (tertiary/aromatic N) is 2. The summed E-state index contributed by atoms with van der Waals surface area (Å²) < 4.78 is 11.0. The van der Waals surface area contributed by atoms with Crippen molar-refractivity contribution < 1.29 is 23.9 Å². The zero-order valence-electron chi connectivity index (χ0n) is 19.6. The zero-order valence-corrected chi connectivity index (χ0v) is 20.3. The van der Waals surface area contributed by atoms with Crippen LogP contribution < -0.4 is 0 Å². The number of carbonyl (C=O) groups is 3. The second-order valence-corrected chi connectivity index (χ2v) is 9.20. The van der Waals surface area contributed by atoms with E-state index in [4.69, 9.17) is 21.1 Å². The van der Waals surface area contributed by atoms with E-state index < -0.39 is 23.5 Å². The van der Waals surface area contributed by atoms with Gasteiger partial charge in [-0.05, 0) is 51.4 Å². The van der Waals surface area contributed by atoms with Gasteiger partial charge in [-0.3, -0.25) is 9.69 Å². The van der Waals surface area contributed by atoms with Gasteiger partial charge in [-0.25, -0.2) is 9.59 Å². The highest BCUT2D eigenvalue weighted by molar-refractivity contribution is 6.64. The number of amides is 2. The summed E-state index contributed by atoms with van der Waals surface area (Å²) in [5, 5.41) is -0.733. The Kier molecular flexibility index (Phi) is 6.91. The van der Waals surface area contributed by atoms with Crippen LogP contribution in [0.1, 0.15) is 22.3 Å². The molecule has 1 fully saturated rings. The third-order valence-corrected chi connectivity index (χ3v) is 6.89. The minimum Gasteiger partial charge on any atom is -0.445 e. The van der Waals surface area contributed by atoms with Crippen molar-refractivity contribution >= 4 is 29.0 Å². The summed E-state index contributed by atoms with van der Waals surface area (Å²) in [6.07, 6.45) is -0.417. The molecule has 8 heteroatoms. The van der Waals surface area contributed by atoms with Crippen LogP contribution in [0.15, 0.2) is 72.8 Å². The van der Waals surface area contributed by atoms with E-state index in [9.17, 15) is 14.4 Å². The molecule has 7 nitrogen and oxygen atoms in total. The fourth-order valence-electron chi connectivity index (χ4n) is 4.75. The molecule has 0 bridgehead atoms. The Hall–Kier alpha value is -3.84. The maximum Gasteiger partial charge on any atom is 0.410 e. The number of benzene rings is 3. The molecule has 1 saturated heterocycles. The molecule has 0 N–H and O–H groups in total. The Morgan fingerprint density at radius 2 is 1.53 bits per heavy atom. The Morgan fingerprint density at radius 1 is 0.806 bits per heavy atom. The second-order valence-electron chi connectivity index (χ2n) is 8.83. The number of rotatable bonds is 5. The summed E-state index contributed by atoms with van der Waals surface area (Å²) in [5.41, 5.74) is 6.51. The van der Waals surface area contributed by atoms with Gasteiger partial charge in [0.1, 0.15) is 19.3 Å². The Balaban J connectivity index is 1.20. The third kappa shape index (κ3) is 4.93. The molecule has 3 aromatic rings. The Bertz CT molecular complexity index is 1300. The van der Waals surface area contributed by atoms with Crippen LogP contribution in [-0.4, -0.2) is 52.9 Å². The molecular weight excluding hydrogens is 480 g/mol. The van der Waals surface area contributed by atoms with Crippen molar-refractivity contribution in [3.8, 4) is 11.1 Å². The lowest BCUT2D eigenvalue weighted by atomic mass is 10.0. The van der Waals surface area contributed by atoms with E-state index in [1.54, 1.807) is 0 Å². The zero-order chi connectivity index (χ0) is 25.1. The lowest BCUT2D eigenvalue weighted by Gasteiger charge is -2.38. The number of hydrogen-bond donors (Lipinski definition) is 0. The maximum absolute atomic E-state index is 13.0. The molecule has 1 aliphatic carbocycles. The van der Waals surface area contributed by atoms with Crippen molar-refractivity contribution in [3.63, 3.8) is 0 Å². The molecule has 0 unspecified atom stereocenters. The highest BCUT2D eigenvalue weighted by Crippen LogP contribution is 2.38. The van der Waals surface area contributed by atoms with Gasteiger partial charge in [-0.2, -0.15) is 0 Å². The summed E-state index contributed by atoms with van der Waals surface area (Å²) in [5.74, 6) is 0. The average molecular weight is 505 g/mol. The molecular formula is C28H25ClN2O5. The first kappa shape index (κ1) is 23.9. The lowest BCUT2D eigenvalue weighted by molar-refractivity contribution is -0.117. The van der Waals surface area contributed by atoms with E-state index in [1.807, 2.05) is 54.6 Å². The quantitative estimate of drug-likeness (QED) is 0.358. The van der Waals surface area contributed by atoms with E-state index in [2.05, 4.69) is 18.2 Å². The topological polar surface area (TPSA) is 76.2 Å². The summed E-state index contributed by atoms with van der Waals surface area (Å²) >= 11 is 5.82. The van der Waals surface area contributed by atoms with Crippen LogP contribution in [0.25, 0.3) is 11.1 Å². The van der Waals surface area contributed by atoms with Crippen molar-refractivity contribution in [1.82, 2.24) is 9.80 Å². The van der Waals surface area contributed by atoms with Crippen LogP contribution in [0.2, 0.25) is 0 Å². The van der Waals surface area contributed by atoms with Gasteiger partial charge in [0.05, 0.1) is 6.54 Å². The fourth-order valence-corrected chi connectivity index (χ4v) is 4.94. The molecule has 1 atom stereocenters. The first-order chi connectivity index (χ1) is 17.5. The van der Waals surface area contributed by atoms with Gasteiger partial charge in [0.15, 0.2) is 0 Å². The number of piperazine rings is 1. The van der Waals surface area contributed by atoms with E-state index in [1.165, 1.54) is 20.9 Å². The van der Waals surface area contributed by atoms with Gasteiger partial charge in [0, 0.05) is 13.1 Å². The van der Waals surface area contributed by atoms with E-state index >= 15 is 0 Å². The SMILES string of the molecule is O=C(Cl)[C@@H]1CN(C(=O)OCc2ccccc2)CCN1C(=O)OCc1cccc2c1Cc1ccccc1-2. The second kappa shape index (κ2) is 10.4. The molecule has 36 heavy (non-hydrogen) atoms. The van der Waals surface area contributed by atoms with Crippen molar-refractivity contribution in [1.29, 1.82) is 0 Å². The Morgan fingerprint density at radius 3 is 2.33 bits per heavy atom. The smallest absolute Gasteiger partial charge is 0.410 e. The number of halogens is 1. The standard InChI is InChI=1S/C28H25ClN2O5/c29-26(32)25-16-30(27(33)35-17-19-7-2-1-3-8-19)13-14-31(25)28(34)36-18-21-10-6-12-23-22-11-5-4-9-20(22)15-24(21)23/h1-12,25H,13-18H2/t25-/m0/s1. The molecule has 3 aromatic carbocycles. The molecule has 5 rings (SSSR count). The Labute approximate surface area is 214 Å². The molecule has 2 aliphatic rings. The maximum atomic E-state index is 13.0. The highest BCUT2D eigenvalue weighted by Gasteiger charge is 2.38.